The molecule has 0 spiro atoms. The fourth-order valence-corrected chi connectivity index (χ4v) is 4.02. The molecule has 28 heavy (non-hydrogen) atoms. The van der Waals surface area contributed by atoms with Crippen molar-refractivity contribution in [2.75, 3.05) is 19.5 Å². The van der Waals surface area contributed by atoms with Crippen LogP contribution in [-0.4, -0.2) is 24.2 Å². The number of hydrogen-bond acceptors (Lipinski definition) is 6. The molecule has 4 aromatic rings. The Morgan fingerprint density at radius 1 is 0.786 bits per heavy atom. The largest absolute Gasteiger partial charge is 0.497 e. The molecule has 4 rings (SSSR count). The summed E-state index contributed by atoms with van der Waals surface area (Å²) in [5.41, 5.74) is 0.962. The van der Waals surface area contributed by atoms with E-state index in [4.69, 9.17) is 9.47 Å². The van der Waals surface area contributed by atoms with Gasteiger partial charge in [0.25, 0.3) is 0 Å². The highest BCUT2D eigenvalue weighted by Gasteiger charge is 2.12. The molecule has 1 aromatic heterocycles. The number of rotatable bonds is 6. The van der Waals surface area contributed by atoms with Crippen LogP contribution in [0.1, 0.15) is 0 Å². The number of benzene rings is 3. The maximum absolute atomic E-state index is 5.53. The Hall–Kier alpha value is -3.25. The van der Waals surface area contributed by atoms with Crippen LogP contribution in [-0.2, 0) is 0 Å². The lowest BCUT2D eigenvalue weighted by Gasteiger charge is -2.14. The second kappa shape index (κ2) is 8.19. The van der Waals surface area contributed by atoms with Gasteiger partial charge in [-0.2, -0.15) is 0 Å². The Morgan fingerprint density at radius 2 is 1.57 bits per heavy atom. The lowest BCUT2D eigenvalue weighted by atomic mass is 10.1. The first-order valence-electron chi connectivity index (χ1n) is 8.74. The Kier molecular flexibility index (Phi) is 5.30. The van der Waals surface area contributed by atoms with E-state index < -0.39 is 0 Å². The van der Waals surface area contributed by atoms with E-state index in [1.54, 1.807) is 44.4 Å². The second-order valence-electron chi connectivity index (χ2n) is 5.97. The van der Waals surface area contributed by atoms with Crippen LogP contribution in [0.3, 0.4) is 0 Å². The lowest BCUT2D eigenvalue weighted by Crippen LogP contribution is -1.97. The molecule has 0 radical (unpaired) electrons. The van der Waals surface area contributed by atoms with Gasteiger partial charge in [-0.25, -0.2) is 9.97 Å². The molecule has 0 aliphatic heterocycles. The number of anilines is 2. The maximum Gasteiger partial charge on any atom is 0.227 e. The summed E-state index contributed by atoms with van der Waals surface area (Å²) in [6.07, 6.45) is 3.44. The number of nitrogens with one attached hydrogen (secondary N) is 1. The van der Waals surface area contributed by atoms with Gasteiger partial charge in [-0.3, -0.25) is 0 Å². The molecule has 0 bridgehead atoms. The van der Waals surface area contributed by atoms with E-state index in [1.807, 2.05) is 36.4 Å². The van der Waals surface area contributed by atoms with E-state index in [1.165, 1.54) is 0 Å². The van der Waals surface area contributed by atoms with Crippen LogP contribution in [0.4, 0.5) is 11.6 Å². The molecule has 5 nitrogen and oxygen atoms in total. The Bertz CT molecular complexity index is 1100. The molecule has 0 unspecified atom stereocenters. The van der Waals surface area contributed by atoms with Gasteiger partial charge in [0.15, 0.2) is 0 Å². The quantitative estimate of drug-likeness (QED) is 0.467. The van der Waals surface area contributed by atoms with E-state index in [-0.39, 0.29) is 0 Å². The van der Waals surface area contributed by atoms with Crippen molar-refractivity contribution in [1.82, 2.24) is 9.97 Å². The first-order chi connectivity index (χ1) is 13.8. The van der Waals surface area contributed by atoms with Crippen LogP contribution < -0.4 is 14.8 Å². The summed E-state index contributed by atoms with van der Waals surface area (Å²) in [6, 6.07) is 20.0. The van der Waals surface area contributed by atoms with Crippen LogP contribution in [0.5, 0.6) is 11.5 Å². The standard InChI is InChI=1S/C22H19N3O2S/c1-26-15-8-10-19(27-2)21(14-15)28-20-11-9-18(16-6-3-4-7-17(16)20)25-22-23-12-5-13-24-22/h3-14H,1-2H3,(H,23,24,25). The van der Waals surface area contributed by atoms with Gasteiger partial charge in [0.1, 0.15) is 11.5 Å². The summed E-state index contributed by atoms with van der Waals surface area (Å²) >= 11 is 1.65. The Labute approximate surface area is 167 Å². The second-order valence-corrected chi connectivity index (χ2v) is 7.06. The van der Waals surface area contributed by atoms with Crippen molar-refractivity contribution < 1.29 is 9.47 Å². The summed E-state index contributed by atoms with van der Waals surface area (Å²) in [5.74, 6) is 2.18. The summed E-state index contributed by atoms with van der Waals surface area (Å²) in [5, 5.41) is 5.54. The number of ether oxygens (including phenoxy) is 2. The zero-order valence-electron chi connectivity index (χ0n) is 15.5. The molecule has 3 aromatic carbocycles. The SMILES string of the molecule is COc1ccc(OC)c(Sc2ccc(Nc3ncccn3)c3ccccc23)c1. The van der Waals surface area contributed by atoms with Crippen molar-refractivity contribution >= 4 is 34.2 Å². The number of methoxy groups -OCH3 is 2. The van der Waals surface area contributed by atoms with Crippen LogP contribution >= 0.6 is 11.8 Å². The van der Waals surface area contributed by atoms with Crippen LogP contribution in [0.15, 0.2) is 82.8 Å². The third kappa shape index (κ3) is 3.73. The number of fused-ring (bicyclic) bond motifs is 1. The third-order valence-corrected chi connectivity index (χ3v) is 5.40. The van der Waals surface area contributed by atoms with Crippen molar-refractivity contribution in [2.24, 2.45) is 0 Å². The molecule has 1 heterocycles. The van der Waals surface area contributed by atoms with E-state index in [2.05, 4.69) is 33.5 Å². The molecular weight excluding hydrogens is 370 g/mol. The van der Waals surface area contributed by atoms with Gasteiger partial charge in [-0.15, -0.1) is 0 Å². The molecule has 0 saturated carbocycles. The highest BCUT2D eigenvalue weighted by atomic mass is 32.2. The molecule has 0 aliphatic rings. The fourth-order valence-electron chi connectivity index (χ4n) is 2.94. The van der Waals surface area contributed by atoms with E-state index >= 15 is 0 Å². The molecule has 0 saturated heterocycles. The van der Waals surface area contributed by atoms with Crippen molar-refractivity contribution in [1.29, 1.82) is 0 Å². The number of aromatic nitrogens is 2. The van der Waals surface area contributed by atoms with E-state index in [0.29, 0.717) is 5.95 Å². The van der Waals surface area contributed by atoms with Gasteiger partial charge < -0.3 is 14.8 Å². The zero-order valence-corrected chi connectivity index (χ0v) is 16.4. The van der Waals surface area contributed by atoms with Gasteiger partial charge >= 0.3 is 0 Å². The van der Waals surface area contributed by atoms with Gasteiger partial charge in [0, 0.05) is 28.4 Å². The Balaban J connectivity index is 1.74. The lowest BCUT2D eigenvalue weighted by molar-refractivity contribution is 0.394. The first-order valence-corrected chi connectivity index (χ1v) is 9.56. The monoisotopic (exact) mass is 389 g/mol. The van der Waals surface area contributed by atoms with Crippen molar-refractivity contribution in [3.05, 3.63) is 73.1 Å². The molecular formula is C22H19N3O2S. The molecule has 0 aliphatic carbocycles. The van der Waals surface area contributed by atoms with Crippen molar-refractivity contribution in [3.63, 3.8) is 0 Å². The van der Waals surface area contributed by atoms with Gasteiger partial charge in [-0.1, -0.05) is 36.0 Å². The summed E-state index contributed by atoms with van der Waals surface area (Å²) in [7, 11) is 3.34. The molecule has 0 amide bonds. The van der Waals surface area contributed by atoms with E-state index in [9.17, 15) is 0 Å². The molecule has 1 N–H and O–H groups in total. The highest BCUT2D eigenvalue weighted by Crippen LogP contribution is 2.41. The predicted octanol–water partition coefficient (Wildman–Crippen LogP) is 5.54. The molecule has 6 heteroatoms. The summed E-state index contributed by atoms with van der Waals surface area (Å²) in [6.45, 7) is 0. The topological polar surface area (TPSA) is 56.3 Å². The van der Waals surface area contributed by atoms with Gasteiger partial charge in [0.05, 0.1) is 19.1 Å². The Morgan fingerprint density at radius 3 is 2.32 bits per heavy atom. The average molecular weight is 389 g/mol. The molecule has 0 fully saturated rings. The first kappa shape index (κ1) is 18.1. The van der Waals surface area contributed by atoms with Crippen molar-refractivity contribution in [2.45, 2.75) is 9.79 Å². The minimum Gasteiger partial charge on any atom is -0.497 e. The van der Waals surface area contributed by atoms with Crippen LogP contribution in [0.25, 0.3) is 10.8 Å². The maximum atomic E-state index is 5.53. The highest BCUT2D eigenvalue weighted by molar-refractivity contribution is 7.99. The number of hydrogen-bond donors (Lipinski definition) is 1. The normalized spacial score (nSPS) is 10.6. The predicted molar refractivity (Wildman–Crippen MR) is 113 cm³/mol. The van der Waals surface area contributed by atoms with Crippen LogP contribution in [0.2, 0.25) is 0 Å². The van der Waals surface area contributed by atoms with Gasteiger partial charge in [0.2, 0.25) is 5.95 Å². The number of nitrogens with zero attached hydrogens (tertiary/aromatic N) is 2. The fraction of sp³-hybridized carbons (Fsp3) is 0.0909. The zero-order chi connectivity index (χ0) is 19.3. The van der Waals surface area contributed by atoms with E-state index in [0.717, 1.165) is 37.7 Å². The molecule has 0 atom stereocenters. The average Bonchev–Trinajstić information content (AvgIpc) is 2.76. The summed E-state index contributed by atoms with van der Waals surface area (Å²) in [4.78, 5) is 10.6. The smallest absolute Gasteiger partial charge is 0.227 e. The van der Waals surface area contributed by atoms with Gasteiger partial charge in [-0.05, 0) is 41.8 Å². The third-order valence-electron chi connectivity index (χ3n) is 4.29. The minimum absolute atomic E-state index is 0.572. The van der Waals surface area contributed by atoms with Crippen molar-refractivity contribution in [3.8, 4) is 11.5 Å². The van der Waals surface area contributed by atoms with Crippen LogP contribution in [0, 0.1) is 0 Å². The minimum atomic E-state index is 0.572. The summed E-state index contributed by atoms with van der Waals surface area (Å²) < 4.78 is 10.9. The molecule has 140 valence electrons.